The van der Waals surface area contributed by atoms with Gasteiger partial charge in [-0.05, 0) is 43.7 Å². The summed E-state index contributed by atoms with van der Waals surface area (Å²) in [6.45, 7) is 0.205. The first kappa shape index (κ1) is 15.9. The number of thioether (sulfide) groups is 1. The van der Waals surface area contributed by atoms with E-state index in [1.165, 1.54) is 18.2 Å². The molecule has 0 aliphatic heterocycles. The minimum Gasteiger partial charge on any atom is -0.349 e. The minimum absolute atomic E-state index is 0.161. The van der Waals surface area contributed by atoms with Crippen molar-refractivity contribution in [3.63, 3.8) is 0 Å². The van der Waals surface area contributed by atoms with Crippen molar-refractivity contribution in [3.05, 3.63) is 35.1 Å². The van der Waals surface area contributed by atoms with E-state index in [2.05, 4.69) is 23.4 Å². The maximum absolute atomic E-state index is 13.4. The van der Waals surface area contributed by atoms with Crippen LogP contribution < -0.4 is 11.1 Å². The van der Waals surface area contributed by atoms with Crippen molar-refractivity contribution in [1.29, 1.82) is 0 Å². The highest BCUT2D eigenvalue weighted by atomic mass is 32.2. The van der Waals surface area contributed by atoms with Crippen molar-refractivity contribution in [3.8, 4) is 11.8 Å². The SMILES string of the molecule is CSC1CCC(NC(=O)c2cc(F)ccc2C#CCN)C1. The van der Waals surface area contributed by atoms with Gasteiger partial charge < -0.3 is 11.1 Å². The predicted octanol–water partition coefficient (Wildman–Crippen LogP) is 2.15. The van der Waals surface area contributed by atoms with Crippen LogP contribution in [0.25, 0.3) is 0 Å². The minimum atomic E-state index is -0.438. The van der Waals surface area contributed by atoms with Gasteiger partial charge in [0.25, 0.3) is 5.91 Å². The summed E-state index contributed by atoms with van der Waals surface area (Å²) in [4.78, 5) is 12.3. The van der Waals surface area contributed by atoms with Crippen molar-refractivity contribution in [2.45, 2.75) is 30.6 Å². The fraction of sp³-hybridized carbons (Fsp3) is 0.438. The second kappa shape index (κ2) is 7.48. The Bertz CT molecular complexity index is 579. The first-order chi connectivity index (χ1) is 10.1. The summed E-state index contributed by atoms with van der Waals surface area (Å²) < 4.78 is 13.4. The van der Waals surface area contributed by atoms with E-state index in [0.717, 1.165) is 19.3 Å². The van der Waals surface area contributed by atoms with Crippen LogP contribution in [0.4, 0.5) is 4.39 Å². The second-order valence-corrected chi connectivity index (χ2v) is 6.18. The molecule has 0 heterocycles. The Morgan fingerprint density at radius 1 is 1.52 bits per heavy atom. The second-order valence-electron chi connectivity index (χ2n) is 5.04. The molecule has 0 bridgehead atoms. The number of rotatable bonds is 3. The molecule has 3 nitrogen and oxygen atoms in total. The van der Waals surface area contributed by atoms with Crippen molar-refractivity contribution in [2.75, 3.05) is 12.8 Å². The number of benzene rings is 1. The van der Waals surface area contributed by atoms with E-state index in [-0.39, 0.29) is 24.1 Å². The molecule has 3 N–H and O–H groups in total. The number of hydrogen-bond acceptors (Lipinski definition) is 3. The molecule has 1 aromatic rings. The third-order valence-corrected chi connectivity index (χ3v) is 4.70. The molecule has 5 heteroatoms. The predicted molar refractivity (Wildman–Crippen MR) is 84.7 cm³/mol. The highest BCUT2D eigenvalue weighted by Crippen LogP contribution is 2.28. The lowest BCUT2D eigenvalue weighted by molar-refractivity contribution is 0.0937. The molecule has 2 rings (SSSR count). The van der Waals surface area contributed by atoms with Gasteiger partial charge in [-0.3, -0.25) is 4.79 Å². The van der Waals surface area contributed by atoms with Crippen molar-refractivity contribution in [1.82, 2.24) is 5.32 Å². The van der Waals surface area contributed by atoms with Crippen LogP contribution in [-0.4, -0.2) is 30.0 Å². The lowest BCUT2D eigenvalue weighted by atomic mass is 10.1. The molecule has 1 saturated carbocycles. The highest BCUT2D eigenvalue weighted by Gasteiger charge is 2.26. The molecule has 0 radical (unpaired) electrons. The molecule has 1 fully saturated rings. The number of carbonyl (C=O) groups is 1. The summed E-state index contributed by atoms with van der Waals surface area (Å²) in [5.74, 6) is 4.82. The zero-order valence-corrected chi connectivity index (χ0v) is 12.8. The van der Waals surface area contributed by atoms with Gasteiger partial charge in [-0.2, -0.15) is 11.8 Å². The smallest absolute Gasteiger partial charge is 0.252 e. The van der Waals surface area contributed by atoms with Gasteiger partial charge in [0, 0.05) is 16.9 Å². The molecule has 1 aromatic carbocycles. The molecule has 0 aromatic heterocycles. The average molecular weight is 306 g/mol. The highest BCUT2D eigenvalue weighted by molar-refractivity contribution is 7.99. The Labute approximate surface area is 128 Å². The van der Waals surface area contributed by atoms with Crippen LogP contribution in [0.3, 0.4) is 0 Å². The van der Waals surface area contributed by atoms with Crippen LogP contribution in [0.1, 0.15) is 35.2 Å². The zero-order valence-electron chi connectivity index (χ0n) is 12.0. The average Bonchev–Trinajstić information content (AvgIpc) is 2.93. The Balaban J connectivity index is 2.13. The van der Waals surface area contributed by atoms with Gasteiger partial charge in [-0.1, -0.05) is 11.8 Å². The Kier molecular flexibility index (Phi) is 5.66. The lowest BCUT2D eigenvalue weighted by Gasteiger charge is -2.13. The Hall–Kier alpha value is -1.51. The van der Waals surface area contributed by atoms with E-state index >= 15 is 0 Å². The Morgan fingerprint density at radius 3 is 3.00 bits per heavy atom. The summed E-state index contributed by atoms with van der Waals surface area (Å²) in [5, 5.41) is 3.58. The van der Waals surface area contributed by atoms with Crippen LogP contribution in [0.15, 0.2) is 18.2 Å². The molecule has 2 unspecified atom stereocenters. The molecule has 21 heavy (non-hydrogen) atoms. The molecule has 1 aliphatic carbocycles. The molecule has 1 aliphatic rings. The van der Waals surface area contributed by atoms with Gasteiger partial charge in [-0.25, -0.2) is 4.39 Å². The summed E-state index contributed by atoms with van der Waals surface area (Å²) in [6.07, 6.45) is 5.12. The van der Waals surface area contributed by atoms with Gasteiger partial charge in [0.2, 0.25) is 0 Å². The van der Waals surface area contributed by atoms with E-state index in [1.807, 2.05) is 11.8 Å². The van der Waals surface area contributed by atoms with Crippen molar-refractivity contribution >= 4 is 17.7 Å². The molecule has 112 valence electrons. The molecular formula is C16H19FN2OS. The molecular weight excluding hydrogens is 287 g/mol. The number of carbonyl (C=O) groups excluding carboxylic acids is 1. The normalized spacial score (nSPS) is 20.7. The Morgan fingerprint density at radius 2 is 2.33 bits per heavy atom. The van der Waals surface area contributed by atoms with Crippen LogP contribution in [-0.2, 0) is 0 Å². The van der Waals surface area contributed by atoms with E-state index in [4.69, 9.17) is 5.73 Å². The number of amides is 1. The van der Waals surface area contributed by atoms with Crippen LogP contribution >= 0.6 is 11.8 Å². The lowest BCUT2D eigenvalue weighted by Crippen LogP contribution is -2.33. The maximum Gasteiger partial charge on any atom is 0.252 e. The molecule has 2 atom stereocenters. The van der Waals surface area contributed by atoms with Gasteiger partial charge in [0.1, 0.15) is 5.82 Å². The maximum atomic E-state index is 13.4. The fourth-order valence-electron chi connectivity index (χ4n) is 2.51. The first-order valence-corrected chi connectivity index (χ1v) is 8.25. The summed E-state index contributed by atoms with van der Waals surface area (Å²) in [6, 6.07) is 4.22. The standard InChI is InChI=1S/C16H19FN2OS/c1-21-14-7-6-13(10-14)19-16(20)15-9-12(17)5-4-11(15)3-2-8-18/h4-5,9,13-14H,6-8,10,18H2,1H3,(H,19,20). The summed E-state index contributed by atoms with van der Waals surface area (Å²) >= 11 is 1.83. The summed E-state index contributed by atoms with van der Waals surface area (Å²) in [5.41, 5.74) is 6.14. The van der Waals surface area contributed by atoms with E-state index < -0.39 is 5.82 Å². The van der Waals surface area contributed by atoms with E-state index in [9.17, 15) is 9.18 Å². The van der Waals surface area contributed by atoms with Crippen LogP contribution in [0.2, 0.25) is 0 Å². The molecule has 1 amide bonds. The van der Waals surface area contributed by atoms with Crippen molar-refractivity contribution < 1.29 is 9.18 Å². The number of halogens is 1. The number of hydrogen-bond donors (Lipinski definition) is 2. The first-order valence-electron chi connectivity index (χ1n) is 6.96. The van der Waals surface area contributed by atoms with Crippen molar-refractivity contribution in [2.24, 2.45) is 5.73 Å². The molecule has 0 spiro atoms. The van der Waals surface area contributed by atoms with Gasteiger partial charge in [-0.15, -0.1) is 0 Å². The largest absolute Gasteiger partial charge is 0.349 e. The summed E-state index contributed by atoms with van der Waals surface area (Å²) in [7, 11) is 0. The fourth-order valence-corrected chi connectivity index (χ4v) is 3.30. The van der Waals surface area contributed by atoms with Crippen LogP contribution in [0.5, 0.6) is 0 Å². The molecule has 0 saturated heterocycles. The quantitative estimate of drug-likeness (QED) is 0.841. The monoisotopic (exact) mass is 306 g/mol. The van der Waals surface area contributed by atoms with Gasteiger partial charge in [0.05, 0.1) is 12.1 Å². The zero-order chi connectivity index (χ0) is 15.2. The van der Waals surface area contributed by atoms with E-state index in [0.29, 0.717) is 10.8 Å². The topological polar surface area (TPSA) is 55.1 Å². The third kappa shape index (κ3) is 4.23. The third-order valence-electron chi connectivity index (χ3n) is 3.60. The van der Waals surface area contributed by atoms with E-state index in [1.54, 1.807) is 0 Å². The van der Waals surface area contributed by atoms with Gasteiger partial charge in [0.15, 0.2) is 0 Å². The number of nitrogens with two attached hydrogens (primary N) is 1. The van der Waals surface area contributed by atoms with Gasteiger partial charge >= 0.3 is 0 Å². The van der Waals surface area contributed by atoms with Crippen LogP contribution in [0, 0.1) is 17.7 Å². The number of nitrogens with one attached hydrogen (secondary N) is 1.